The van der Waals surface area contributed by atoms with Gasteiger partial charge in [-0.25, -0.2) is 0 Å². The van der Waals surface area contributed by atoms with E-state index in [1.165, 1.54) is 50.1 Å². The average molecular weight is 353 g/mol. The summed E-state index contributed by atoms with van der Waals surface area (Å²) in [6, 6.07) is 21.9. The molecule has 0 saturated carbocycles. The molecule has 1 saturated heterocycles. The van der Waals surface area contributed by atoms with Crippen LogP contribution in [0, 0.1) is 0 Å². The molecule has 1 atom stereocenters. The Bertz CT molecular complexity index is 617. The molecule has 1 aliphatic rings. The molecular formula is C24H36N2. The first-order chi connectivity index (χ1) is 12.2. The van der Waals surface area contributed by atoms with E-state index >= 15 is 0 Å². The molecule has 0 radical (unpaired) electrons. The predicted octanol–water partition coefficient (Wildman–Crippen LogP) is 5.59. The van der Waals surface area contributed by atoms with Gasteiger partial charge in [0.05, 0.1) is 0 Å². The first kappa shape index (κ1) is 20.5. The van der Waals surface area contributed by atoms with Crippen molar-refractivity contribution in [3.63, 3.8) is 0 Å². The largest absolute Gasteiger partial charge is 0.369 e. The molecule has 2 aromatic rings. The number of hydrogen-bond donors (Lipinski definition) is 0. The highest BCUT2D eigenvalue weighted by Gasteiger charge is 2.24. The Labute approximate surface area is 160 Å². The van der Waals surface area contributed by atoms with E-state index in [-0.39, 0.29) is 7.43 Å². The van der Waals surface area contributed by atoms with Crippen LogP contribution in [0.25, 0.3) is 0 Å². The number of anilines is 1. The number of hydrogen-bond acceptors (Lipinski definition) is 2. The molecular weight excluding hydrogens is 316 g/mol. The van der Waals surface area contributed by atoms with Gasteiger partial charge in [-0.2, -0.15) is 0 Å². The van der Waals surface area contributed by atoms with E-state index < -0.39 is 0 Å². The van der Waals surface area contributed by atoms with Crippen LogP contribution in [0.2, 0.25) is 0 Å². The van der Waals surface area contributed by atoms with Gasteiger partial charge in [0.25, 0.3) is 0 Å². The molecule has 142 valence electrons. The Morgan fingerprint density at radius 1 is 0.846 bits per heavy atom. The highest BCUT2D eigenvalue weighted by molar-refractivity contribution is 5.46. The van der Waals surface area contributed by atoms with Crippen molar-refractivity contribution in [3.05, 3.63) is 66.2 Å². The van der Waals surface area contributed by atoms with E-state index in [1.54, 1.807) is 0 Å². The Hall–Kier alpha value is -1.80. The first-order valence-corrected chi connectivity index (χ1v) is 9.79. The first-order valence-electron chi connectivity index (χ1n) is 9.79. The van der Waals surface area contributed by atoms with Gasteiger partial charge in [0.15, 0.2) is 0 Å². The Balaban J connectivity index is 0.00000243. The normalized spacial score (nSPS) is 17.4. The molecule has 1 aliphatic heterocycles. The zero-order valence-corrected chi connectivity index (χ0v) is 15.8. The minimum absolute atomic E-state index is 0. The van der Waals surface area contributed by atoms with Gasteiger partial charge in [-0.15, -0.1) is 0 Å². The van der Waals surface area contributed by atoms with E-state index in [4.69, 9.17) is 0 Å². The van der Waals surface area contributed by atoms with E-state index in [2.05, 4.69) is 84.3 Å². The van der Waals surface area contributed by atoms with Gasteiger partial charge in [-0.3, -0.25) is 4.90 Å². The van der Waals surface area contributed by atoms with Crippen molar-refractivity contribution >= 4 is 5.69 Å². The zero-order valence-electron chi connectivity index (χ0n) is 15.8. The number of benzene rings is 2. The van der Waals surface area contributed by atoms with Crippen LogP contribution in [0.3, 0.4) is 0 Å². The molecule has 1 heterocycles. The standard InChI is InChI=1S/C23H32N2.CH4/c1-3-23(2,21-11-6-4-7-12-21)15-10-16-24-17-19-25(20-18-24)22-13-8-5-9-14-22;/h4-9,11-14H,3,10,15-20H2,1-2H3;1H4. The van der Waals surface area contributed by atoms with Gasteiger partial charge in [0.2, 0.25) is 0 Å². The topological polar surface area (TPSA) is 6.48 Å². The average Bonchev–Trinajstić information content (AvgIpc) is 2.70. The van der Waals surface area contributed by atoms with Crippen LogP contribution in [0.5, 0.6) is 0 Å². The molecule has 0 N–H and O–H groups in total. The zero-order chi connectivity index (χ0) is 17.5. The van der Waals surface area contributed by atoms with Crippen molar-refractivity contribution in [3.8, 4) is 0 Å². The molecule has 0 amide bonds. The molecule has 3 rings (SSSR count). The van der Waals surface area contributed by atoms with Gasteiger partial charge in [0, 0.05) is 31.9 Å². The van der Waals surface area contributed by atoms with E-state index in [1.807, 2.05) is 0 Å². The van der Waals surface area contributed by atoms with E-state index in [9.17, 15) is 0 Å². The van der Waals surface area contributed by atoms with Crippen LogP contribution < -0.4 is 4.90 Å². The fraction of sp³-hybridized carbons (Fsp3) is 0.500. The number of para-hydroxylation sites is 1. The molecule has 2 heteroatoms. The second-order valence-electron chi connectivity index (χ2n) is 7.55. The maximum atomic E-state index is 2.64. The lowest BCUT2D eigenvalue weighted by Crippen LogP contribution is -2.46. The molecule has 0 aromatic heterocycles. The summed E-state index contributed by atoms with van der Waals surface area (Å²) in [5, 5.41) is 0. The Morgan fingerprint density at radius 2 is 1.42 bits per heavy atom. The monoisotopic (exact) mass is 352 g/mol. The van der Waals surface area contributed by atoms with Crippen molar-refractivity contribution in [2.24, 2.45) is 0 Å². The maximum absolute atomic E-state index is 2.64. The van der Waals surface area contributed by atoms with Crippen LogP contribution in [0.1, 0.15) is 46.1 Å². The Kier molecular flexibility index (Phi) is 7.71. The van der Waals surface area contributed by atoms with Crippen LogP contribution in [0.15, 0.2) is 60.7 Å². The maximum Gasteiger partial charge on any atom is 0.0367 e. The van der Waals surface area contributed by atoms with E-state index in [0.717, 1.165) is 13.1 Å². The summed E-state index contributed by atoms with van der Waals surface area (Å²) in [4.78, 5) is 5.15. The minimum atomic E-state index is 0. The minimum Gasteiger partial charge on any atom is -0.369 e. The molecule has 26 heavy (non-hydrogen) atoms. The summed E-state index contributed by atoms with van der Waals surface area (Å²) in [5.74, 6) is 0. The summed E-state index contributed by atoms with van der Waals surface area (Å²) in [5.41, 5.74) is 3.17. The van der Waals surface area contributed by atoms with Crippen LogP contribution in [-0.2, 0) is 5.41 Å². The number of nitrogens with zero attached hydrogens (tertiary/aromatic N) is 2. The molecule has 0 aliphatic carbocycles. The number of piperazine rings is 1. The molecule has 0 bridgehead atoms. The van der Waals surface area contributed by atoms with Crippen molar-refractivity contribution in [1.29, 1.82) is 0 Å². The summed E-state index contributed by atoms with van der Waals surface area (Å²) < 4.78 is 0. The smallest absolute Gasteiger partial charge is 0.0367 e. The van der Waals surface area contributed by atoms with Crippen LogP contribution in [0.4, 0.5) is 5.69 Å². The second-order valence-corrected chi connectivity index (χ2v) is 7.55. The third kappa shape index (κ3) is 5.11. The SMILES string of the molecule is C.CCC(C)(CCCN1CCN(c2ccccc2)CC1)c1ccccc1. The lowest BCUT2D eigenvalue weighted by molar-refractivity contribution is 0.241. The fourth-order valence-electron chi connectivity index (χ4n) is 3.93. The summed E-state index contributed by atoms with van der Waals surface area (Å²) in [6.45, 7) is 10.6. The molecule has 1 unspecified atom stereocenters. The third-order valence-electron chi connectivity index (χ3n) is 5.95. The highest BCUT2D eigenvalue weighted by Crippen LogP contribution is 2.32. The second kappa shape index (κ2) is 9.78. The molecule has 1 fully saturated rings. The lowest BCUT2D eigenvalue weighted by atomic mass is 9.76. The van der Waals surface area contributed by atoms with Crippen LogP contribution in [-0.4, -0.2) is 37.6 Å². The molecule has 0 spiro atoms. The van der Waals surface area contributed by atoms with Gasteiger partial charge in [0.1, 0.15) is 0 Å². The highest BCUT2D eigenvalue weighted by atomic mass is 15.3. The molecule has 2 aromatic carbocycles. The predicted molar refractivity (Wildman–Crippen MR) is 115 cm³/mol. The summed E-state index contributed by atoms with van der Waals surface area (Å²) in [6.07, 6.45) is 3.76. The quantitative estimate of drug-likeness (QED) is 0.640. The van der Waals surface area contributed by atoms with Gasteiger partial charge in [-0.05, 0) is 48.9 Å². The molecule has 2 nitrogen and oxygen atoms in total. The lowest BCUT2D eigenvalue weighted by Gasteiger charge is -2.37. The van der Waals surface area contributed by atoms with Crippen molar-refractivity contribution in [2.45, 2.75) is 46.0 Å². The van der Waals surface area contributed by atoms with Crippen LogP contribution >= 0.6 is 0 Å². The van der Waals surface area contributed by atoms with E-state index in [0.29, 0.717) is 5.41 Å². The summed E-state index contributed by atoms with van der Waals surface area (Å²) in [7, 11) is 0. The van der Waals surface area contributed by atoms with Crippen molar-refractivity contribution in [1.82, 2.24) is 4.90 Å². The van der Waals surface area contributed by atoms with Gasteiger partial charge in [-0.1, -0.05) is 69.8 Å². The van der Waals surface area contributed by atoms with Crippen molar-refractivity contribution < 1.29 is 0 Å². The number of rotatable bonds is 7. The fourth-order valence-corrected chi connectivity index (χ4v) is 3.93. The third-order valence-corrected chi connectivity index (χ3v) is 5.95. The van der Waals surface area contributed by atoms with Gasteiger partial charge < -0.3 is 4.90 Å². The summed E-state index contributed by atoms with van der Waals surface area (Å²) >= 11 is 0. The van der Waals surface area contributed by atoms with Crippen molar-refractivity contribution in [2.75, 3.05) is 37.6 Å². The van der Waals surface area contributed by atoms with Gasteiger partial charge >= 0.3 is 0 Å². The Morgan fingerprint density at radius 3 is 2.00 bits per heavy atom.